The molecule has 1 fully saturated rings. The fraction of sp³-hybridized carbons (Fsp3) is 0.643. The van der Waals surface area contributed by atoms with Gasteiger partial charge in [-0.05, 0) is 31.4 Å². The number of aromatic nitrogens is 1. The van der Waals surface area contributed by atoms with Gasteiger partial charge < -0.3 is 10.6 Å². The van der Waals surface area contributed by atoms with Crippen LogP contribution in [-0.4, -0.2) is 18.1 Å². The number of pyridine rings is 1. The largest absolute Gasteiger partial charge is 0.397 e. The first-order valence-electron chi connectivity index (χ1n) is 6.63. The molecule has 3 heteroatoms. The highest BCUT2D eigenvalue weighted by Crippen LogP contribution is 2.25. The number of rotatable bonds is 2. The number of nitrogen functional groups attached to an aromatic ring is 1. The molecule has 0 bridgehead atoms. The molecule has 0 saturated heterocycles. The van der Waals surface area contributed by atoms with E-state index in [9.17, 15) is 0 Å². The molecule has 3 nitrogen and oxygen atoms in total. The minimum absolute atomic E-state index is 0.646. The predicted octanol–water partition coefficient (Wildman–Crippen LogP) is 3.13. The van der Waals surface area contributed by atoms with Crippen molar-refractivity contribution in [1.82, 2.24) is 4.98 Å². The Morgan fingerprint density at radius 2 is 1.88 bits per heavy atom. The summed E-state index contributed by atoms with van der Waals surface area (Å²) in [5.41, 5.74) is 7.71. The van der Waals surface area contributed by atoms with Crippen molar-refractivity contribution in [3.63, 3.8) is 0 Å². The number of nitrogens with zero attached hydrogens (tertiary/aromatic N) is 2. The van der Waals surface area contributed by atoms with E-state index in [4.69, 9.17) is 5.73 Å². The van der Waals surface area contributed by atoms with Gasteiger partial charge in [-0.2, -0.15) is 0 Å². The van der Waals surface area contributed by atoms with E-state index in [1.165, 1.54) is 38.5 Å². The zero-order valence-corrected chi connectivity index (χ0v) is 10.9. The van der Waals surface area contributed by atoms with Crippen LogP contribution < -0.4 is 10.6 Å². The molecule has 0 aliphatic heterocycles. The maximum absolute atomic E-state index is 5.81. The van der Waals surface area contributed by atoms with Crippen molar-refractivity contribution in [2.75, 3.05) is 17.7 Å². The van der Waals surface area contributed by atoms with Crippen LogP contribution in [0.15, 0.2) is 12.3 Å². The molecule has 0 aromatic carbocycles. The highest BCUT2D eigenvalue weighted by atomic mass is 15.2. The second kappa shape index (κ2) is 5.39. The van der Waals surface area contributed by atoms with Crippen LogP contribution in [0, 0.1) is 6.92 Å². The number of hydrogen-bond donors (Lipinski definition) is 1. The Kier molecular flexibility index (Phi) is 3.87. The van der Waals surface area contributed by atoms with Gasteiger partial charge in [0.2, 0.25) is 0 Å². The molecule has 1 saturated carbocycles. The van der Waals surface area contributed by atoms with Crippen molar-refractivity contribution in [3.8, 4) is 0 Å². The minimum atomic E-state index is 0.646. The lowest BCUT2D eigenvalue weighted by Gasteiger charge is -2.28. The molecule has 1 heterocycles. The Hall–Kier alpha value is -1.25. The van der Waals surface area contributed by atoms with Crippen molar-refractivity contribution in [2.24, 2.45) is 0 Å². The molecule has 0 unspecified atom stereocenters. The first-order chi connectivity index (χ1) is 8.18. The summed E-state index contributed by atoms with van der Waals surface area (Å²) in [5.74, 6) is 1.06. The van der Waals surface area contributed by atoms with Crippen molar-refractivity contribution < 1.29 is 0 Å². The van der Waals surface area contributed by atoms with Gasteiger partial charge in [-0.1, -0.05) is 25.7 Å². The molecule has 0 atom stereocenters. The summed E-state index contributed by atoms with van der Waals surface area (Å²) in [7, 11) is 2.16. The normalized spacial score (nSPS) is 17.8. The third kappa shape index (κ3) is 2.90. The summed E-state index contributed by atoms with van der Waals surface area (Å²) in [6.45, 7) is 2.04. The van der Waals surface area contributed by atoms with Crippen LogP contribution >= 0.6 is 0 Å². The Morgan fingerprint density at radius 1 is 1.24 bits per heavy atom. The maximum atomic E-state index is 5.81. The van der Waals surface area contributed by atoms with Gasteiger partial charge in [0, 0.05) is 13.1 Å². The van der Waals surface area contributed by atoms with Crippen molar-refractivity contribution in [1.29, 1.82) is 0 Å². The van der Waals surface area contributed by atoms with E-state index in [2.05, 4.69) is 23.0 Å². The number of nitrogens with two attached hydrogens (primary N) is 1. The third-order valence-corrected chi connectivity index (χ3v) is 3.87. The summed E-state index contributed by atoms with van der Waals surface area (Å²) in [4.78, 5) is 6.78. The number of anilines is 2. The van der Waals surface area contributed by atoms with Gasteiger partial charge in [0.05, 0.1) is 11.9 Å². The van der Waals surface area contributed by atoms with Crippen LogP contribution in [-0.2, 0) is 0 Å². The molecule has 0 radical (unpaired) electrons. The van der Waals surface area contributed by atoms with Crippen LogP contribution in [0.3, 0.4) is 0 Å². The van der Waals surface area contributed by atoms with Gasteiger partial charge in [0.25, 0.3) is 0 Å². The zero-order chi connectivity index (χ0) is 12.3. The smallest absolute Gasteiger partial charge is 0.128 e. The minimum Gasteiger partial charge on any atom is -0.397 e. The van der Waals surface area contributed by atoms with Gasteiger partial charge in [-0.25, -0.2) is 4.98 Å². The van der Waals surface area contributed by atoms with Crippen molar-refractivity contribution in [3.05, 3.63) is 17.8 Å². The first kappa shape index (κ1) is 12.2. The first-order valence-corrected chi connectivity index (χ1v) is 6.63. The molecule has 1 aromatic heterocycles. The monoisotopic (exact) mass is 233 g/mol. The molecule has 1 aliphatic rings. The molecule has 0 spiro atoms. The average Bonchev–Trinajstić information content (AvgIpc) is 2.60. The van der Waals surface area contributed by atoms with Gasteiger partial charge >= 0.3 is 0 Å². The SMILES string of the molecule is Cc1cc(N(C)C2CCCCCC2)ncc1N. The Balaban J connectivity index is 2.11. The summed E-state index contributed by atoms with van der Waals surface area (Å²) in [6.07, 6.45) is 9.84. The highest BCUT2D eigenvalue weighted by molar-refractivity contribution is 5.52. The van der Waals surface area contributed by atoms with Crippen LogP contribution in [0.5, 0.6) is 0 Å². The molecular formula is C14H23N3. The van der Waals surface area contributed by atoms with Crippen molar-refractivity contribution in [2.45, 2.75) is 51.5 Å². The second-order valence-electron chi connectivity index (χ2n) is 5.16. The summed E-state index contributed by atoms with van der Waals surface area (Å²) >= 11 is 0. The quantitative estimate of drug-likeness (QED) is 0.798. The van der Waals surface area contributed by atoms with E-state index in [-0.39, 0.29) is 0 Å². The fourth-order valence-corrected chi connectivity index (χ4v) is 2.58. The third-order valence-electron chi connectivity index (χ3n) is 3.87. The van der Waals surface area contributed by atoms with Crippen LogP contribution in [0.25, 0.3) is 0 Å². The Morgan fingerprint density at radius 3 is 2.47 bits per heavy atom. The second-order valence-corrected chi connectivity index (χ2v) is 5.16. The van der Waals surface area contributed by atoms with Gasteiger partial charge in [0.15, 0.2) is 0 Å². The standard InChI is InChI=1S/C14H23N3/c1-11-9-14(16-10-13(11)15)17(2)12-7-5-3-4-6-8-12/h9-10,12H,3-8,15H2,1-2H3. The van der Waals surface area contributed by atoms with E-state index in [0.29, 0.717) is 6.04 Å². The molecule has 94 valence electrons. The molecular weight excluding hydrogens is 210 g/mol. The van der Waals surface area contributed by atoms with E-state index in [0.717, 1.165) is 17.1 Å². The zero-order valence-electron chi connectivity index (χ0n) is 10.9. The van der Waals surface area contributed by atoms with Crippen LogP contribution in [0.4, 0.5) is 11.5 Å². The van der Waals surface area contributed by atoms with E-state index in [1.54, 1.807) is 6.20 Å². The Bertz CT molecular complexity index is 368. The van der Waals surface area contributed by atoms with Gasteiger partial charge in [-0.15, -0.1) is 0 Å². The molecule has 2 rings (SSSR count). The van der Waals surface area contributed by atoms with Crippen LogP contribution in [0.2, 0.25) is 0 Å². The maximum Gasteiger partial charge on any atom is 0.128 e. The number of aryl methyl sites for hydroxylation is 1. The molecule has 1 aromatic rings. The lowest BCUT2D eigenvalue weighted by atomic mass is 10.1. The summed E-state index contributed by atoms with van der Waals surface area (Å²) in [5, 5.41) is 0. The fourth-order valence-electron chi connectivity index (χ4n) is 2.58. The number of hydrogen-bond acceptors (Lipinski definition) is 3. The van der Waals surface area contributed by atoms with Gasteiger partial charge in [0.1, 0.15) is 5.82 Å². The van der Waals surface area contributed by atoms with E-state index >= 15 is 0 Å². The van der Waals surface area contributed by atoms with E-state index in [1.807, 2.05) is 6.92 Å². The van der Waals surface area contributed by atoms with Crippen LogP contribution in [0.1, 0.15) is 44.1 Å². The molecule has 2 N–H and O–H groups in total. The van der Waals surface area contributed by atoms with E-state index < -0.39 is 0 Å². The topological polar surface area (TPSA) is 42.2 Å². The molecule has 1 aliphatic carbocycles. The summed E-state index contributed by atoms with van der Waals surface area (Å²) < 4.78 is 0. The molecule has 0 amide bonds. The highest BCUT2D eigenvalue weighted by Gasteiger charge is 2.18. The van der Waals surface area contributed by atoms with Gasteiger partial charge in [-0.3, -0.25) is 0 Å². The molecule has 17 heavy (non-hydrogen) atoms. The van der Waals surface area contributed by atoms with Crippen molar-refractivity contribution >= 4 is 11.5 Å². The lowest BCUT2D eigenvalue weighted by molar-refractivity contribution is 0.549. The average molecular weight is 233 g/mol. The predicted molar refractivity (Wildman–Crippen MR) is 73.3 cm³/mol. The lowest BCUT2D eigenvalue weighted by Crippen LogP contribution is -2.31. The summed E-state index contributed by atoms with van der Waals surface area (Å²) in [6, 6.07) is 2.74. The Labute approximate surface area is 104 Å².